The van der Waals surface area contributed by atoms with E-state index in [1.165, 1.54) is 0 Å². The number of nitrogens with zero attached hydrogens (tertiary/aromatic N) is 1. The maximum atomic E-state index is 11.9. The number of fused-ring (bicyclic) bond motifs is 1. The fourth-order valence-corrected chi connectivity index (χ4v) is 3.12. The second kappa shape index (κ2) is 4.72. The van der Waals surface area contributed by atoms with Crippen molar-refractivity contribution in [2.45, 2.75) is 31.5 Å². The summed E-state index contributed by atoms with van der Waals surface area (Å²) < 4.78 is 0. The topological polar surface area (TPSA) is 32.3 Å². The van der Waals surface area contributed by atoms with Crippen molar-refractivity contribution in [1.29, 1.82) is 0 Å². The molecule has 0 radical (unpaired) electrons. The highest BCUT2D eigenvalue weighted by molar-refractivity contribution is 6.42. The predicted octanol–water partition coefficient (Wildman–Crippen LogP) is 2.98. The van der Waals surface area contributed by atoms with Crippen LogP contribution in [0.5, 0.6) is 0 Å². The van der Waals surface area contributed by atoms with Gasteiger partial charge in [0.2, 0.25) is 5.91 Å². The number of hydrogen-bond acceptors (Lipinski definition) is 2. The normalized spacial score (nSPS) is 28.0. The number of nitrogens with one attached hydrogen (secondary N) is 1. The lowest BCUT2D eigenvalue weighted by molar-refractivity contribution is -0.122. The summed E-state index contributed by atoms with van der Waals surface area (Å²) >= 11 is 12.0. The van der Waals surface area contributed by atoms with Gasteiger partial charge in [-0.3, -0.25) is 9.69 Å². The van der Waals surface area contributed by atoms with Crippen molar-refractivity contribution in [3.05, 3.63) is 33.8 Å². The molecule has 2 fully saturated rings. The van der Waals surface area contributed by atoms with Crippen LogP contribution in [0.3, 0.4) is 0 Å². The lowest BCUT2D eigenvalue weighted by atomic mass is 10.0. The van der Waals surface area contributed by atoms with E-state index >= 15 is 0 Å². The third-order valence-corrected chi connectivity index (χ3v) is 4.46. The van der Waals surface area contributed by atoms with Crippen molar-refractivity contribution >= 4 is 29.1 Å². The zero-order valence-electron chi connectivity index (χ0n) is 9.83. The van der Waals surface area contributed by atoms with Crippen molar-refractivity contribution in [2.24, 2.45) is 0 Å². The van der Waals surface area contributed by atoms with Crippen molar-refractivity contribution in [2.75, 3.05) is 6.54 Å². The lowest BCUT2D eigenvalue weighted by Crippen LogP contribution is -2.38. The number of rotatable bonds is 1. The molecule has 2 saturated heterocycles. The molecule has 0 saturated carbocycles. The van der Waals surface area contributed by atoms with E-state index in [0.717, 1.165) is 31.4 Å². The van der Waals surface area contributed by atoms with Crippen LogP contribution in [0.1, 0.15) is 31.0 Å². The van der Waals surface area contributed by atoms with E-state index in [4.69, 9.17) is 23.2 Å². The molecule has 3 nitrogen and oxygen atoms in total. The molecule has 1 aromatic carbocycles. The Kier molecular flexibility index (Phi) is 3.22. The molecule has 0 spiro atoms. The summed E-state index contributed by atoms with van der Waals surface area (Å²) in [5.41, 5.74) is 1.00. The Labute approximate surface area is 116 Å². The quantitative estimate of drug-likeness (QED) is 0.860. The van der Waals surface area contributed by atoms with Crippen molar-refractivity contribution in [3.63, 3.8) is 0 Å². The molecule has 0 aliphatic carbocycles. The zero-order chi connectivity index (χ0) is 12.7. The third kappa shape index (κ3) is 2.00. The maximum absolute atomic E-state index is 11.9. The maximum Gasteiger partial charge on any atom is 0.238 e. The number of carbonyl (C=O) groups excluding carboxylic acids is 1. The van der Waals surface area contributed by atoms with E-state index in [2.05, 4.69) is 10.2 Å². The Morgan fingerprint density at radius 3 is 2.83 bits per heavy atom. The van der Waals surface area contributed by atoms with E-state index in [-0.39, 0.29) is 18.1 Å². The number of piperidine rings is 1. The second-order valence-corrected chi connectivity index (χ2v) is 5.65. The number of amides is 1. The Morgan fingerprint density at radius 2 is 2.06 bits per heavy atom. The molecule has 2 atom stereocenters. The molecule has 1 amide bonds. The highest BCUT2D eigenvalue weighted by Crippen LogP contribution is 2.34. The van der Waals surface area contributed by atoms with Gasteiger partial charge in [-0.2, -0.15) is 0 Å². The van der Waals surface area contributed by atoms with Gasteiger partial charge in [-0.15, -0.1) is 0 Å². The smallest absolute Gasteiger partial charge is 0.238 e. The Bertz CT molecular complexity index is 492. The highest BCUT2D eigenvalue weighted by Gasteiger charge is 2.41. The molecule has 2 unspecified atom stereocenters. The van der Waals surface area contributed by atoms with Crippen LogP contribution in [0.4, 0.5) is 0 Å². The third-order valence-electron chi connectivity index (χ3n) is 3.72. The molecular formula is C13H14Cl2N2O. The fraction of sp³-hybridized carbons (Fsp3) is 0.462. The summed E-state index contributed by atoms with van der Waals surface area (Å²) in [6.07, 6.45) is 3.16. The number of benzene rings is 1. The largest absolute Gasteiger partial charge is 0.335 e. The molecule has 2 aliphatic heterocycles. The van der Waals surface area contributed by atoms with Gasteiger partial charge >= 0.3 is 0 Å². The van der Waals surface area contributed by atoms with Gasteiger partial charge in [0, 0.05) is 6.54 Å². The minimum atomic E-state index is -0.0578. The molecule has 2 heterocycles. The van der Waals surface area contributed by atoms with Gasteiger partial charge in [-0.1, -0.05) is 35.7 Å². The van der Waals surface area contributed by atoms with Crippen LogP contribution in [-0.2, 0) is 4.79 Å². The zero-order valence-corrected chi connectivity index (χ0v) is 11.3. The molecule has 1 aromatic rings. The van der Waals surface area contributed by atoms with Crippen LogP contribution in [-0.4, -0.2) is 23.4 Å². The van der Waals surface area contributed by atoms with Crippen molar-refractivity contribution < 1.29 is 4.79 Å². The van der Waals surface area contributed by atoms with Gasteiger partial charge in [0.1, 0.15) is 6.17 Å². The predicted molar refractivity (Wildman–Crippen MR) is 71.7 cm³/mol. The number of halogens is 2. The van der Waals surface area contributed by atoms with Crippen LogP contribution in [0, 0.1) is 0 Å². The van der Waals surface area contributed by atoms with Crippen molar-refractivity contribution in [1.82, 2.24) is 10.2 Å². The number of carbonyl (C=O) groups is 1. The Hall–Kier alpha value is -0.770. The van der Waals surface area contributed by atoms with E-state index < -0.39 is 0 Å². The van der Waals surface area contributed by atoms with Crippen LogP contribution >= 0.6 is 23.2 Å². The molecular weight excluding hydrogens is 271 g/mol. The Balaban J connectivity index is 1.91. The van der Waals surface area contributed by atoms with Gasteiger partial charge in [-0.05, 0) is 30.5 Å². The fourth-order valence-electron chi connectivity index (χ4n) is 2.82. The van der Waals surface area contributed by atoms with E-state index in [1.54, 1.807) is 6.07 Å². The molecule has 5 heteroatoms. The van der Waals surface area contributed by atoms with Crippen LogP contribution in [0.2, 0.25) is 10.0 Å². The van der Waals surface area contributed by atoms with Gasteiger partial charge in [0.15, 0.2) is 0 Å². The second-order valence-electron chi connectivity index (χ2n) is 4.83. The summed E-state index contributed by atoms with van der Waals surface area (Å²) in [6.45, 7) is 0.953. The van der Waals surface area contributed by atoms with E-state index in [1.807, 2.05) is 12.1 Å². The SMILES string of the molecule is O=C1NC(c2ccc(Cl)c(Cl)c2)N2CCCCC12. The summed E-state index contributed by atoms with van der Waals surface area (Å²) in [7, 11) is 0. The summed E-state index contributed by atoms with van der Waals surface area (Å²) in [5.74, 6) is 0.130. The van der Waals surface area contributed by atoms with Gasteiger partial charge in [0.25, 0.3) is 0 Å². The van der Waals surface area contributed by atoms with Gasteiger partial charge < -0.3 is 5.32 Å². The van der Waals surface area contributed by atoms with Crippen LogP contribution in [0.15, 0.2) is 18.2 Å². The average Bonchev–Trinajstić information content (AvgIpc) is 2.71. The molecule has 0 bridgehead atoms. The minimum absolute atomic E-state index is 0.0261. The first-order valence-corrected chi connectivity index (χ1v) is 6.93. The first-order valence-electron chi connectivity index (χ1n) is 6.18. The first-order chi connectivity index (χ1) is 8.66. The van der Waals surface area contributed by atoms with Crippen molar-refractivity contribution in [3.8, 4) is 0 Å². The molecule has 2 aliphatic rings. The molecule has 18 heavy (non-hydrogen) atoms. The van der Waals surface area contributed by atoms with Crippen LogP contribution in [0.25, 0.3) is 0 Å². The molecule has 3 rings (SSSR count). The summed E-state index contributed by atoms with van der Waals surface area (Å²) in [6, 6.07) is 5.57. The number of hydrogen-bond donors (Lipinski definition) is 1. The highest BCUT2D eigenvalue weighted by atomic mass is 35.5. The monoisotopic (exact) mass is 284 g/mol. The molecule has 96 valence electrons. The summed E-state index contributed by atoms with van der Waals surface area (Å²) in [5, 5.41) is 4.12. The average molecular weight is 285 g/mol. The molecule has 1 N–H and O–H groups in total. The lowest BCUT2D eigenvalue weighted by Gasteiger charge is -2.31. The minimum Gasteiger partial charge on any atom is -0.335 e. The standard InChI is InChI=1S/C13H14Cl2N2O/c14-9-5-4-8(7-10(9)15)12-16-13(18)11-3-1-2-6-17(11)12/h4-5,7,11-12H,1-3,6H2,(H,16,18). The molecule has 0 aromatic heterocycles. The Morgan fingerprint density at radius 1 is 1.22 bits per heavy atom. The van der Waals surface area contributed by atoms with Gasteiger partial charge in [-0.25, -0.2) is 0 Å². The van der Waals surface area contributed by atoms with Gasteiger partial charge in [0.05, 0.1) is 16.1 Å². The van der Waals surface area contributed by atoms with E-state index in [0.29, 0.717) is 10.0 Å². The van der Waals surface area contributed by atoms with Crippen LogP contribution < -0.4 is 5.32 Å². The van der Waals surface area contributed by atoms with E-state index in [9.17, 15) is 4.79 Å². The summed E-state index contributed by atoms with van der Waals surface area (Å²) in [4.78, 5) is 14.2. The first kappa shape index (κ1) is 12.3.